The van der Waals surface area contributed by atoms with Crippen molar-refractivity contribution in [1.82, 2.24) is 15.3 Å². The number of amides is 1. The molecule has 1 saturated heterocycles. The summed E-state index contributed by atoms with van der Waals surface area (Å²) < 4.78 is 56.1. The Kier molecular flexibility index (Phi) is 5.56. The minimum Gasteiger partial charge on any atom is -0.352 e. The van der Waals surface area contributed by atoms with Gasteiger partial charge in [-0.15, -0.1) is 0 Å². The van der Waals surface area contributed by atoms with Crippen LogP contribution < -0.4 is 15.7 Å². The second kappa shape index (κ2) is 8.56. The second-order valence-electron chi connectivity index (χ2n) is 7.92. The number of rotatable bonds is 4. The topological polar surface area (TPSA) is 79.4 Å². The van der Waals surface area contributed by atoms with Gasteiger partial charge in [-0.2, -0.15) is 18.2 Å². The van der Waals surface area contributed by atoms with Gasteiger partial charge in [0.25, 0.3) is 5.91 Å². The predicted octanol–water partition coefficient (Wildman–Crippen LogP) is 4.55. The van der Waals surface area contributed by atoms with Crippen molar-refractivity contribution < 1.29 is 27.2 Å². The van der Waals surface area contributed by atoms with Gasteiger partial charge in [0.05, 0.1) is 18.3 Å². The van der Waals surface area contributed by atoms with Crippen molar-refractivity contribution in [2.45, 2.75) is 25.1 Å². The summed E-state index contributed by atoms with van der Waals surface area (Å²) in [4.78, 5) is 25.5. The fraction of sp³-hybridized carbons (Fsp3) is 0.261. The number of aromatic nitrogens is 2. The van der Waals surface area contributed by atoms with Crippen molar-refractivity contribution in [3.63, 3.8) is 0 Å². The highest BCUT2D eigenvalue weighted by Gasteiger charge is 2.40. The summed E-state index contributed by atoms with van der Waals surface area (Å²) in [5.41, 5.74) is 0.411. The fourth-order valence-electron chi connectivity index (χ4n) is 4.11. The van der Waals surface area contributed by atoms with Crippen LogP contribution in [-0.2, 0) is 17.4 Å². The Labute approximate surface area is 191 Å². The first-order chi connectivity index (χ1) is 16.3. The molecule has 5 rings (SSSR count). The Bertz CT molecular complexity index is 1240. The molecule has 0 radical (unpaired) electrons. The molecular formula is C23H19F4N5O2. The standard InChI is InChI=1S/C23H19F4N5O2/c24-17-10-14-6-8-28-21(33)15(14)11-18(17)30-22-29-12-16(23(25,26)27)20(31-22)32-19(7-9-34-32)13-4-2-1-3-5-13/h1-5,10-12,19H,6-9H2,(H,28,33)(H,29,30,31)/t19-/m0/s1. The molecule has 2 aliphatic rings. The second-order valence-corrected chi connectivity index (χ2v) is 7.92. The number of halogens is 4. The molecule has 176 valence electrons. The number of carbonyl (C=O) groups excluding carboxylic acids is 1. The smallest absolute Gasteiger partial charge is 0.352 e. The summed E-state index contributed by atoms with van der Waals surface area (Å²) in [6.07, 6.45) is -3.16. The van der Waals surface area contributed by atoms with Gasteiger partial charge in [-0.05, 0) is 29.7 Å². The van der Waals surface area contributed by atoms with E-state index < -0.39 is 29.4 Å². The molecule has 2 N–H and O–H groups in total. The lowest BCUT2D eigenvalue weighted by Crippen LogP contribution is -2.32. The van der Waals surface area contributed by atoms with Crippen molar-refractivity contribution in [3.05, 3.63) is 76.7 Å². The molecule has 0 saturated carbocycles. The summed E-state index contributed by atoms with van der Waals surface area (Å²) in [7, 11) is 0. The largest absolute Gasteiger partial charge is 0.421 e. The van der Waals surface area contributed by atoms with Crippen LogP contribution in [0.1, 0.15) is 39.5 Å². The fourth-order valence-corrected chi connectivity index (χ4v) is 4.11. The molecule has 0 aliphatic carbocycles. The lowest BCUT2D eigenvalue weighted by molar-refractivity contribution is -0.138. The first kappa shape index (κ1) is 22.1. The quantitative estimate of drug-likeness (QED) is 0.542. The van der Waals surface area contributed by atoms with Gasteiger partial charge in [0.1, 0.15) is 11.4 Å². The van der Waals surface area contributed by atoms with Crippen LogP contribution in [-0.4, -0.2) is 29.0 Å². The normalized spacial score (nSPS) is 17.9. The van der Waals surface area contributed by atoms with Gasteiger partial charge < -0.3 is 10.6 Å². The summed E-state index contributed by atoms with van der Waals surface area (Å²) in [5.74, 6) is -1.76. The van der Waals surface area contributed by atoms with Crippen molar-refractivity contribution in [3.8, 4) is 0 Å². The van der Waals surface area contributed by atoms with E-state index in [9.17, 15) is 22.4 Å². The number of alkyl halides is 3. The third-order valence-electron chi connectivity index (χ3n) is 5.74. The minimum absolute atomic E-state index is 0.122. The Morgan fingerprint density at radius 1 is 1.18 bits per heavy atom. The van der Waals surface area contributed by atoms with E-state index in [1.165, 1.54) is 12.1 Å². The molecule has 11 heteroatoms. The highest BCUT2D eigenvalue weighted by Crippen LogP contribution is 2.41. The van der Waals surface area contributed by atoms with Crippen LogP contribution in [0.4, 0.5) is 35.0 Å². The van der Waals surface area contributed by atoms with Gasteiger partial charge in [-0.3, -0.25) is 9.63 Å². The maximum Gasteiger partial charge on any atom is 0.421 e. The average molecular weight is 473 g/mol. The van der Waals surface area contributed by atoms with Gasteiger partial charge in [0.2, 0.25) is 5.95 Å². The highest BCUT2D eigenvalue weighted by atomic mass is 19.4. The lowest BCUT2D eigenvalue weighted by Gasteiger charge is -2.26. The molecule has 1 atom stereocenters. The summed E-state index contributed by atoms with van der Waals surface area (Å²) >= 11 is 0. The number of nitrogens with one attached hydrogen (secondary N) is 2. The Balaban J connectivity index is 1.53. The maximum atomic E-state index is 14.7. The van der Waals surface area contributed by atoms with Crippen LogP contribution in [0.3, 0.4) is 0 Å². The van der Waals surface area contributed by atoms with Crippen LogP contribution in [0, 0.1) is 5.82 Å². The van der Waals surface area contributed by atoms with Crippen molar-refractivity contribution in [2.75, 3.05) is 23.5 Å². The number of hydrogen-bond donors (Lipinski definition) is 2. The van der Waals surface area contributed by atoms with E-state index in [-0.39, 0.29) is 29.7 Å². The molecule has 2 aliphatic heterocycles. The van der Waals surface area contributed by atoms with Crippen molar-refractivity contribution >= 4 is 23.4 Å². The monoisotopic (exact) mass is 473 g/mol. The van der Waals surface area contributed by atoms with Crippen molar-refractivity contribution in [1.29, 1.82) is 0 Å². The summed E-state index contributed by atoms with van der Waals surface area (Å²) in [6, 6.07) is 11.0. The number of hydroxylamine groups is 1. The summed E-state index contributed by atoms with van der Waals surface area (Å²) in [6.45, 7) is 0.611. The first-order valence-corrected chi connectivity index (χ1v) is 10.6. The summed E-state index contributed by atoms with van der Waals surface area (Å²) in [5, 5.41) is 6.41. The molecular weight excluding hydrogens is 454 g/mol. The molecule has 1 fully saturated rings. The van der Waals surface area contributed by atoms with E-state index in [1.54, 1.807) is 24.3 Å². The molecule has 34 heavy (non-hydrogen) atoms. The highest BCUT2D eigenvalue weighted by molar-refractivity contribution is 5.97. The van der Waals surface area contributed by atoms with Crippen LogP contribution in [0.5, 0.6) is 0 Å². The zero-order valence-electron chi connectivity index (χ0n) is 17.7. The van der Waals surface area contributed by atoms with E-state index in [4.69, 9.17) is 4.84 Å². The third-order valence-corrected chi connectivity index (χ3v) is 5.74. The van der Waals surface area contributed by atoms with Gasteiger partial charge in [-0.25, -0.2) is 14.4 Å². The van der Waals surface area contributed by atoms with E-state index >= 15 is 0 Å². The van der Waals surface area contributed by atoms with Gasteiger partial charge in [-0.1, -0.05) is 30.3 Å². The number of anilines is 3. The predicted molar refractivity (Wildman–Crippen MR) is 115 cm³/mol. The van der Waals surface area contributed by atoms with Gasteiger partial charge in [0.15, 0.2) is 5.82 Å². The zero-order chi connectivity index (χ0) is 23.9. The van der Waals surface area contributed by atoms with Crippen LogP contribution in [0.25, 0.3) is 0 Å². The SMILES string of the molecule is O=C1NCCc2cc(F)c(Nc3ncc(C(F)(F)F)c(N4OCC[C@H]4c4ccccc4)n3)cc21. The van der Waals surface area contributed by atoms with E-state index in [0.29, 0.717) is 31.1 Å². The number of nitrogens with zero attached hydrogens (tertiary/aromatic N) is 3. The molecule has 7 nitrogen and oxygen atoms in total. The van der Waals surface area contributed by atoms with Gasteiger partial charge in [0, 0.05) is 24.7 Å². The van der Waals surface area contributed by atoms with E-state index in [1.807, 2.05) is 6.07 Å². The molecule has 2 aromatic carbocycles. The minimum atomic E-state index is -4.74. The molecule has 1 amide bonds. The Hall–Kier alpha value is -3.73. The molecule has 1 aromatic heterocycles. The third kappa shape index (κ3) is 4.14. The van der Waals surface area contributed by atoms with Crippen LogP contribution in [0.2, 0.25) is 0 Å². The lowest BCUT2D eigenvalue weighted by atomic mass is 9.99. The Morgan fingerprint density at radius 3 is 2.74 bits per heavy atom. The molecule has 0 bridgehead atoms. The van der Waals surface area contributed by atoms with E-state index in [0.717, 1.165) is 10.6 Å². The molecule has 3 aromatic rings. The maximum absolute atomic E-state index is 14.7. The zero-order valence-corrected chi connectivity index (χ0v) is 17.7. The number of hydrogen-bond acceptors (Lipinski definition) is 6. The average Bonchev–Trinajstić information content (AvgIpc) is 3.30. The van der Waals surface area contributed by atoms with Gasteiger partial charge >= 0.3 is 6.18 Å². The van der Waals surface area contributed by atoms with Crippen LogP contribution in [0.15, 0.2) is 48.7 Å². The van der Waals surface area contributed by atoms with E-state index in [2.05, 4.69) is 20.6 Å². The Morgan fingerprint density at radius 2 is 1.97 bits per heavy atom. The van der Waals surface area contributed by atoms with Crippen LogP contribution >= 0.6 is 0 Å². The number of fused-ring (bicyclic) bond motifs is 1. The number of carbonyl (C=O) groups is 1. The number of benzene rings is 2. The first-order valence-electron chi connectivity index (χ1n) is 10.6. The van der Waals surface area contributed by atoms with Crippen molar-refractivity contribution in [2.24, 2.45) is 0 Å². The molecule has 0 spiro atoms. The molecule has 0 unspecified atom stereocenters. The molecule has 3 heterocycles.